The number of halogens is 1. The number of ether oxygens (including phenoxy) is 2. The molecule has 0 radical (unpaired) electrons. The first-order valence-electron chi connectivity index (χ1n) is 9.60. The zero-order valence-electron chi connectivity index (χ0n) is 17.2. The quantitative estimate of drug-likeness (QED) is 0.220. The van der Waals surface area contributed by atoms with Crippen LogP contribution < -0.4 is 14.8 Å². The topological polar surface area (TPSA) is 88.4 Å². The first kappa shape index (κ1) is 22.8. The molecule has 160 valence electrons. The molecule has 32 heavy (non-hydrogen) atoms. The van der Waals surface area contributed by atoms with Crippen LogP contribution in [-0.2, 0) is 11.3 Å². The lowest BCUT2D eigenvalue weighted by Crippen LogP contribution is -2.23. The molecule has 3 aromatic carbocycles. The van der Waals surface area contributed by atoms with Crippen LogP contribution in [0.15, 0.2) is 82.8 Å². The summed E-state index contributed by atoms with van der Waals surface area (Å²) in [4.78, 5) is 24.9. The van der Waals surface area contributed by atoms with Gasteiger partial charge < -0.3 is 14.8 Å². The summed E-state index contributed by atoms with van der Waals surface area (Å²) in [7, 11) is 1.44. The molecular weight excluding hydrogens is 472 g/mol. The van der Waals surface area contributed by atoms with Gasteiger partial charge in [0, 0.05) is 11.0 Å². The van der Waals surface area contributed by atoms with Crippen molar-refractivity contribution in [2.24, 2.45) is 0 Å². The molecule has 0 aromatic heterocycles. The lowest BCUT2D eigenvalue weighted by Gasteiger charge is -2.11. The number of nitriles is 1. The number of benzene rings is 3. The maximum Gasteiger partial charge on any atom is 0.344 e. The van der Waals surface area contributed by atoms with E-state index in [2.05, 4.69) is 21.2 Å². The minimum absolute atomic E-state index is 0.0547. The summed E-state index contributed by atoms with van der Waals surface area (Å²) in [6.45, 7) is 0.311. The molecule has 6 nitrogen and oxygen atoms in total. The van der Waals surface area contributed by atoms with Crippen molar-refractivity contribution in [3.63, 3.8) is 0 Å². The van der Waals surface area contributed by atoms with E-state index in [1.165, 1.54) is 13.2 Å². The van der Waals surface area contributed by atoms with Gasteiger partial charge in [0.2, 0.25) is 0 Å². The highest BCUT2D eigenvalue weighted by Gasteiger charge is 2.16. The molecule has 0 unspecified atom stereocenters. The van der Waals surface area contributed by atoms with Gasteiger partial charge in [-0.3, -0.25) is 4.79 Å². The minimum Gasteiger partial charge on any atom is -0.493 e. The second-order valence-corrected chi connectivity index (χ2v) is 7.47. The number of nitrogens with one attached hydrogen (secondary N) is 1. The molecule has 0 spiro atoms. The fourth-order valence-electron chi connectivity index (χ4n) is 2.83. The van der Waals surface area contributed by atoms with Crippen LogP contribution in [0, 0.1) is 11.3 Å². The number of hydrogen-bond donors (Lipinski definition) is 1. The summed E-state index contributed by atoms with van der Waals surface area (Å²) >= 11 is 3.33. The molecule has 0 heterocycles. The molecule has 3 rings (SSSR count). The Morgan fingerprint density at radius 1 is 1.03 bits per heavy atom. The Labute approximate surface area is 194 Å². The number of rotatable bonds is 7. The summed E-state index contributed by atoms with van der Waals surface area (Å²) in [5.74, 6) is -0.518. The van der Waals surface area contributed by atoms with Gasteiger partial charge in [-0.25, -0.2) is 4.79 Å². The number of carbonyl (C=O) groups is 2. The molecular formula is C25H19BrN2O4. The van der Waals surface area contributed by atoms with Crippen molar-refractivity contribution in [3.8, 4) is 17.6 Å². The molecule has 1 N–H and O–H groups in total. The van der Waals surface area contributed by atoms with Crippen molar-refractivity contribution in [2.75, 3.05) is 7.11 Å². The molecule has 7 heteroatoms. The number of amides is 1. The van der Waals surface area contributed by atoms with E-state index in [1.807, 2.05) is 36.4 Å². The van der Waals surface area contributed by atoms with Crippen LogP contribution in [0.1, 0.15) is 21.5 Å². The largest absolute Gasteiger partial charge is 0.493 e. The summed E-state index contributed by atoms with van der Waals surface area (Å²) in [6, 6.07) is 23.0. The number of carbonyl (C=O) groups excluding carboxylic acids is 2. The molecule has 0 fully saturated rings. The van der Waals surface area contributed by atoms with Crippen LogP contribution in [0.5, 0.6) is 11.5 Å². The van der Waals surface area contributed by atoms with Crippen molar-refractivity contribution < 1.29 is 19.1 Å². The van der Waals surface area contributed by atoms with Gasteiger partial charge in [0.05, 0.1) is 12.7 Å². The van der Waals surface area contributed by atoms with Crippen molar-refractivity contribution >= 4 is 33.9 Å². The molecule has 0 aliphatic rings. The monoisotopic (exact) mass is 490 g/mol. The second-order valence-electron chi connectivity index (χ2n) is 6.62. The second kappa shape index (κ2) is 10.9. The Bertz CT molecular complexity index is 1200. The van der Waals surface area contributed by atoms with Crippen LogP contribution in [0.25, 0.3) is 6.08 Å². The third-order valence-electron chi connectivity index (χ3n) is 4.46. The van der Waals surface area contributed by atoms with Crippen molar-refractivity contribution in [1.82, 2.24) is 5.32 Å². The predicted molar refractivity (Wildman–Crippen MR) is 124 cm³/mol. The molecule has 0 bridgehead atoms. The normalized spacial score (nSPS) is 10.7. The van der Waals surface area contributed by atoms with E-state index in [4.69, 9.17) is 9.47 Å². The summed E-state index contributed by atoms with van der Waals surface area (Å²) < 4.78 is 11.4. The fraction of sp³-hybridized carbons (Fsp3) is 0.0800. The van der Waals surface area contributed by atoms with Crippen LogP contribution >= 0.6 is 15.9 Å². The Morgan fingerprint density at radius 2 is 1.75 bits per heavy atom. The van der Waals surface area contributed by atoms with Gasteiger partial charge in [-0.05, 0) is 57.4 Å². The summed E-state index contributed by atoms with van der Waals surface area (Å²) in [6.07, 6.45) is 1.45. The van der Waals surface area contributed by atoms with Crippen LogP contribution in [0.4, 0.5) is 0 Å². The summed E-state index contributed by atoms with van der Waals surface area (Å²) in [5, 5.41) is 12.1. The van der Waals surface area contributed by atoms with E-state index >= 15 is 0 Å². The highest BCUT2D eigenvalue weighted by molar-refractivity contribution is 9.10. The smallest absolute Gasteiger partial charge is 0.344 e. The Hall–Kier alpha value is -3.89. The first-order chi connectivity index (χ1) is 15.5. The number of hydrogen-bond acceptors (Lipinski definition) is 5. The lowest BCUT2D eigenvalue weighted by atomic mass is 10.1. The molecule has 0 atom stereocenters. The predicted octanol–water partition coefficient (Wildman–Crippen LogP) is 4.90. The van der Waals surface area contributed by atoms with E-state index < -0.39 is 11.9 Å². The van der Waals surface area contributed by atoms with Gasteiger partial charge in [0.1, 0.15) is 11.6 Å². The first-order valence-corrected chi connectivity index (χ1v) is 10.4. The van der Waals surface area contributed by atoms with Crippen molar-refractivity contribution in [2.45, 2.75) is 6.54 Å². The Kier molecular flexibility index (Phi) is 7.79. The third-order valence-corrected chi connectivity index (χ3v) is 5.15. The van der Waals surface area contributed by atoms with E-state index in [9.17, 15) is 14.9 Å². The molecule has 3 aromatic rings. The van der Waals surface area contributed by atoms with Gasteiger partial charge in [-0.15, -0.1) is 0 Å². The van der Waals surface area contributed by atoms with E-state index in [-0.39, 0.29) is 11.3 Å². The Balaban J connectivity index is 1.75. The maximum atomic E-state index is 12.5. The maximum absolute atomic E-state index is 12.5. The number of nitrogens with zero attached hydrogens (tertiary/aromatic N) is 1. The van der Waals surface area contributed by atoms with Gasteiger partial charge in [0.15, 0.2) is 11.5 Å². The highest BCUT2D eigenvalue weighted by atomic mass is 79.9. The SMILES string of the molecule is COc1cc(C=C(C#N)C(=O)NCc2ccccc2)ccc1OC(=O)c1ccccc1Br. The fourth-order valence-corrected chi connectivity index (χ4v) is 3.28. The highest BCUT2D eigenvalue weighted by Crippen LogP contribution is 2.30. The summed E-state index contributed by atoms with van der Waals surface area (Å²) in [5.41, 5.74) is 1.80. The average Bonchev–Trinajstić information content (AvgIpc) is 2.82. The van der Waals surface area contributed by atoms with Gasteiger partial charge in [-0.1, -0.05) is 48.5 Å². The van der Waals surface area contributed by atoms with E-state index in [0.29, 0.717) is 27.9 Å². The van der Waals surface area contributed by atoms with Crippen LogP contribution in [0.2, 0.25) is 0 Å². The molecule has 0 saturated carbocycles. The lowest BCUT2D eigenvalue weighted by molar-refractivity contribution is -0.117. The van der Waals surface area contributed by atoms with Gasteiger partial charge >= 0.3 is 5.97 Å². The standard InChI is InChI=1S/C25H19BrN2O4/c1-31-23-14-18(11-12-22(23)32-25(30)20-9-5-6-10-21(20)26)13-19(15-27)24(29)28-16-17-7-3-2-4-8-17/h2-14H,16H2,1H3,(H,28,29). The Morgan fingerprint density at radius 3 is 2.44 bits per heavy atom. The molecule has 0 aliphatic heterocycles. The van der Waals surface area contributed by atoms with Crippen molar-refractivity contribution in [3.05, 3.63) is 99.5 Å². The van der Waals surface area contributed by atoms with Gasteiger partial charge in [0.25, 0.3) is 5.91 Å². The third kappa shape index (κ3) is 5.84. The number of methoxy groups -OCH3 is 1. The molecule has 1 amide bonds. The van der Waals surface area contributed by atoms with Gasteiger partial charge in [-0.2, -0.15) is 5.26 Å². The van der Waals surface area contributed by atoms with E-state index in [1.54, 1.807) is 42.5 Å². The molecule has 0 saturated heterocycles. The number of esters is 1. The zero-order valence-corrected chi connectivity index (χ0v) is 18.8. The van der Waals surface area contributed by atoms with Crippen LogP contribution in [0.3, 0.4) is 0 Å². The minimum atomic E-state index is -0.544. The van der Waals surface area contributed by atoms with Crippen LogP contribution in [-0.4, -0.2) is 19.0 Å². The van der Waals surface area contributed by atoms with Crippen molar-refractivity contribution in [1.29, 1.82) is 5.26 Å². The molecule has 0 aliphatic carbocycles. The zero-order chi connectivity index (χ0) is 22.9. The van der Waals surface area contributed by atoms with E-state index in [0.717, 1.165) is 5.56 Å². The average molecular weight is 491 g/mol.